The van der Waals surface area contributed by atoms with Gasteiger partial charge in [-0.3, -0.25) is 9.59 Å². The normalized spacial score (nSPS) is 15.4. The monoisotopic (exact) mass is 257 g/mol. The maximum absolute atomic E-state index is 11.4. The van der Waals surface area contributed by atoms with Crippen LogP contribution in [0.15, 0.2) is 0 Å². The zero-order chi connectivity index (χ0) is 13.5. The van der Waals surface area contributed by atoms with Crippen LogP contribution in [0.1, 0.15) is 26.7 Å². The summed E-state index contributed by atoms with van der Waals surface area (Å²) in [5, 5.41) is 3.04. The van der Waals surface area contributed by atoms with E-state index in [0.29, 0.717) is 18.2 Å². The Kier molecular flexibility index (Phi) is 5.57. The summed E-state index contributed by atoms with van der Waals surface area (Å²) in [6.45, 7) is 6.97. The van der Waals surface area contributed by atoms with Gasteiger partial charge in [-0.1, -0.05) is 13.8 Å². The molecule has 18 heavy (non-hydrogen) atoms. The van der Waals surface area contributed by atoms with Crippen LogP contribution in [0.4, 0.5) is 4.79 Å². The predicted octanol–water partition coefficient (Wildman–Crippen LogP) is 0.118. The summed E-state index contributed by atoms with van der Waals surface area (Å²) in [4.78, 5) is 40.5. The van der Waals surface area contributed by atoms with Crippen molar-refractivity contribution in [1.29, 1.82) is 0 Å². The zero-order valence-electron chi connectivity index (χ0n) is 10.8. The third-order valence-electron chi connectivity index (χ3n) is 2.77. The molecule has 0 aromatic heterocycles. The van der Waals surface area contributed by atoms with Crippen LogP contribution in [0, 0.1) is 0 Å². The first-order chi connectivity index (χ1) is 8.58. The van der Waals surface area contributed by atoms with Crippen molar-refractivity contribution < 1.29 is 19.2 Å². The highest BCUT2D eigenvalue weighted by molar-refractivity contribution is 6.01. The number of nitrogens with zero attached hydrogens (tertiary/aromatic N) is 2. The SMILES string of the molecule is CCN(CC)CCNC(=O)ON1C(=O)CCC1=O. The topological polar surface area (TPSA) is 79.0 Å². The van der Waals surface area contributed by atoms with Crippen LogP contribution in [0.2, 0.25) is 0 Å². The third-order valence-corrected chi connectivity index (χ3v) is 2.77. The summed E-state index contributed by atoms with van der Waals surface area (Å²) in [5.74, 6) is -0.946. The van der Waals surface area contributed by atoms with Gasteiger partial charge in [0.2, 0.25) is 0 Å². The predicted molar refractivity (Wildman–Crippen MR) is 63.4 cm³/mol. The van der Waals surface area contributed by atoms with Gasteiger partial charge in [0.05, 0.1) is 0 Å². The lowest BCUT2D eigenvalue weighted by Crippen LogP contribution is -2.40. The minimum absolute atomic E-state index is 0.103. The molecule has 1 aliphatic heterocycles. The van der Waals surface area contributed by atoms with E-state index in [4.69, 9.17) is 0 Å². The Hall–Kier alpha value is -1.63. The van der Waals surface area contributed by atoms with Crippen molar-refractivity contribution in [2.75, 3.05) is 26.2 Å². The second kappa shape index (κ2) is 6.95. The van der Waals surface area contributed by atoms with E-state index in [0.717, 1.165) is 13.1 Å². The Labute approximate surface area is 106 Å². The summed E-state index contributed by atoms with van der Waals surface area (Å²) in [6, 6.07) is 0. The van der Waals surface area contributed by atoms with E-state index < -0.39 is 17.9 Å². The number of carbonyl (C=O) groups is 3. The first-order valence-electron chi connectivity index (χ1n) is 6.12. The molecule has 0 aromatic rings. The molecule has 0 unspecified atom stereocenters. The first-order valence-corrected chi connectivity index (χ1v) is 6.12. The molecule has 0 spiro atoms. The molecule has 1 saturated heterocycles. The van der Waals surface area contributed by atoms with E-state index >= 15 is 0 Å². The van der Waals surface area contributed by atoms with Crippen LogP contribution < -0.4 is 5.32 Å². The maximum atomic E-state index is 11.4. The number of hydrogen-bond acceptors (Lipinski definition) is 5. The zero-order valence-corrected chi connectivity index (χ0v) is 10.8. The van der Waals surface area contributed by atoms with Crippen molar-refractivity contribution in [2.45, 2.75) is 26.7 Å². The van der Waals surface area contributed by atoms with E-state index in [1.807, 2.05) is 13.8 Å². The van der Waals surface area contributed by atoms with Crippen LogP contribution >= 0.6 is 0 Å². The molecule has 0 radical (unpaired) electrons. The number of amides is 3. The van der Waals surface area contributed by atoms with E-state index in [1.54, 1.807) is 0 Å². The molecule has 0 bridgehead atoms. The molecule has 0 aromatic carbocycles. The van der Waals surface area contributed by atoms with Gasteiger partial charge in [-0.15, -0.1) is 5.06 Å². The van der Waals surface area contributed by atoms with Crippen LogP contribution in [-0.2, 0) is 14.4 Å². The molecule has 7 heteroatoms. The highest BCUT2D eigenvalue weighted by Gasteiger charge is 2.32. The number of hydroxylamine groups is 2. The summed E-state index contributed by atoms with van der Waals surface area (Å²) >= 11 is 0. The summed E-state index contributed by atoms with van der Waals surface area (Å²) < 4.78 is 0. The molecule has 1 fully saturated rings. The molecular weight excluding hydrogens is 238 g/mol. The van der Waals surface area contributed by atoms with Crippen molar-refractivity contribution in [3.05, 3.63) is 0 Å². The largest absolute Gasteiger partial charge is 0.432 e. The number of imide groups is 1. The first kappa shape index (κ1) is 14.4. The fourth-order valence-electron chi connectivity index (χ4n) is 1.63. The van der Waals surface area contributed by atoms with Gasteiger partial charge in [0.15, 0.2) is 0 Å². The van der Waals surface area contributed by atoms with Crippen LogP contribution in [0.25, 0.3) is 0 Å². The van der Waals surface area contributed by atoms with Gasteiger partial charge in [-0.05, 0) is 13.1 Å². The van der Waals surface area contributed by atoms with Crippen molar-refractivity contribution in [1.82, 2.24) is 15.3 Å². The van der Waals surface area contributed by atoms with Gasteiger partial charge in [-0.2, -0.15) is 0 Å². The molecule has 0 atom stereocenters. The Balaban J connectivity index is 2.25. The van der Waals surface area contributed by atoms with Gasteiger partial charge in [0.1, 0.15) is 0 Å². The van der Waals surface area contributed by atoms with Gasteiger partial charge < -0.3 is 15.1 Å². The molecule has 7 nitrogen and oxygen atoms in total. The number of nitrogens with one attached hydrogen (secondary N) is 1. The molecule has 3 amide bonds. The van der Waals surface area contributed by atoms with Gasteiger partial charge in [0, 0.05) is 25.9 Å². The molecular formula is C11H19N3O4. The standard InChI is InChI=1S/C11H19N3O4/c1-3-13(4-2)8-7-12-11(17)18-14-9(15)5-6-10(14)16/h3-8H2,1-2H3,(H,12,17). The lowest BCUT2D eigenvalue weighted by Gasteiger charge is -2.18. The quantitative estimate of drug-likeness (QED) is 0.684. The molecule has 0 saturated carbocycles. The molecule has 1 rings (SSSR count). The van der Waals surface area contributed by atoms with Crippen LogP contribution in [0.5, 0.6) is 0 Å². The van der Waals surface area contributed by atoms with Crippen LogP contribution in [0.3, 0.4) is 0 Å². The molecule has 1 N–H and O–H groups in total. The van der Waals surface area contributed by atoms with E-state index in [9.17, 15) is 14.4 Å². The summed E-state index contributed by atoms with van der Waals surface area (Å²) in [6.07, 6.45) is -0.567. The van der Waals surface area contributed by atoms with E-state index in [2.05, 4.69) is 15.1 Å². The van der Waals surface area contributed by atoms with Gasteiger partial charge in [-0.25, -0.2) is 4.79 Å². The molecule has 1 heterocycles. The van der Waals surface area contributed by atoms with Gasteiger partial charge in [0.25, 0.3) is 11.8 Å². The van der Waals surface area contributed by atoms with Crippen molar-refractivity contribution in [2.24, 2.45) is 0 Å². The lowest BCUT2D eigenvalue weighted by atomic mass is 10.4. The smallest absolute Gasteiger partial charge is 0.318 e. The molecule has 1 aliphatic rings. The Morgan fingerprint density at radius 3 is 2.33 bits per heavy atom. The Morgan fingerprint density at radius 2 is 1.83 bits per heavy atom. The van der Waals surface area contributed by atoms with Crippen molar-refractivity contribution in [3.63, 3.8) is 0 Å². The Morgan fingerprint density at radius 1 is 1.28 bits per heavy atom. The highest BCUT2D eigenvalue weighted by Crippen LogP contribution is 2.11. The maximum Gasteiger partial charge on any atom is 0.432 e. The average molecular weight is 257 g/mol. The minimum Gasteiger partial charge on any atom is -0.318 e. The molecule has 0 aliphatic carbocycles. The van der Waals surface area contributed by atoms with Crippen LogP contribution in [-0.4, -0.2) is 54.0 Å². The highest BCUT2D eigenvalue weighted by atomic mass is 16.7. The van der Waals surface area contributed by atoms with Crippen molar-refractivity contribution >= 4 is 17.9 Å². The van der Waals surface area contributed by atoms with E-state index in [-0.39, 0.29) is 12.8 Å². The van der Waals surface area contributed by atoms with E-state index in [1.165, 1.54) is 0 Å². The van der Waals surface area contributed by atoms with Crippen molar-refractivity contribution in [3.8, 4) is 0 Å². The summed E-state index contributed by atoms with van der Waals surface area (Å²) in [5.41, 5.74) is 0. The summed E-state index contributed by atoms with van der Waals surface area (Å²) in [7, 11) is 0. The van der Waals surface area contributed by atoms with Gasteiger partial charge >= 0.3 is 6.09 Å². The number of carbonyl (C=O) groups excluding carboxylic acids is 3. The fourth-order valence-corrected chi connectivity index (χ4v) is 1.63. The third kappa shape index (κ3) is 3.99. The number of likely N-dealkylation sites (N-methyl/N-ethyl adjacent to an activating group) is 1. The second-order valence-electron chi connectivity index (χ2n) is 3.91. The average Bonchev–Trinajstić information content (AvgIpc) is 2.66. The lowest BCUT2D eigenvalue weighted by molar-refractivity contribution is -0.171. The number of hydrogen-bond donors (Lipinski definition) is 1. The fraction of sp³-hybridized carbons (Fsp3) is 0.727. The molecule has 102 valence electrons. The number of rotatable bonds is 6. The Bertz CT molecular complexity index is 312. The second-order valence-corrected chi connectivity index (χ2v) is 3.91. The minimum atomic E-state index is -0.772.